The molecule has 44 heavy (non-hydrogen) atoms. The third-order valence-corrected chi connectivity index (χ3v) is 7.36. The van der Waals surface area contributed by atoms with Crippen LogP contribution in [-0.4, -0.2) is 131 Å². The second kappa shape index (κ2) is 12.3. The first-order valence-electron chi connectivity index (χ1n) is 13.2. The molecule has 11 N–H and O–H groups in total. The predicted octanol–water partition coefficient (Wildman–Crippen LogP) is -2.71. The topological polar surface area (TPSA) is 290 Å². The number of aliphatic hydroxyl groups is 7. The number of hydrogen-bond donors (Lipinski definition) is 11. The largest absolute Gasteiger partial charge is 0.504 e. The van der Waals surface area contributed by atoms with E-state index in [1.807, 2.05) is 0 Å². The maximum absolute atomic E-state index is 12.9. The van der Waals surface area contributed by atoms with Crippen molar-refractivity contribution in [3.05, 3.63) is 40.6 Å². The van der Waals surface area contributed by atoms with Crippen LogP contribution < -0.4 is 10.2 Å². The van der Waals surface area contributed by atoms with Gasteiger partial charge in [0.1, 0.15) is 65.6 Å². The summed E-state index contributed by atoms with van der Waals surface area (Å²) in [4.78, 5) is 12.9. The van der Waals surface area contributed by atoms with E-state index >= 15 is 0 Å². The van der Waals surface area contributed by atoms with Crippen LogP contribution in [0.5, 0.6) is 28.7 Å². The Morgan fingerprint density at radius 1 is 0.705 bits per heavy atom. The normalized spacial score (nSPS) is 32.5. The fourth-order valence-electron chi connectivity index (χ4n) is 4.87. The number of phenolic OH excluding ortho intramolecular Hbond substituents is 4. The maximum atomic E-state index is 12.9. The minimum atomic E-state index is -1.97. The SMILES string of the molecule is O=c1cc(-c2ccc(O)c(O)c2)oc2cc(O)c(O[C@@H]3O[C@H](CO[C@@H]4O[C@H](CO)[C@@H](O)[C@H](O)[C@H]4O)[C@@H](O)[C@H](O)[C@H]3O)c(O)c12. The highest BCUT2D eigenvalue weighted by Gasteiger charge is 2.48. The number of phenols is 4. The summed E-state index contributed by atoms with van der Waals surface area (Å²) in [6, 6.07) is 5.50. The average Bonchev–Trinajstić information content (AvgIpc) is 2.99. The summed E-state index contributed by atoms with van der Waals surface area (Å²) in [7, 11) is 0. The van der Waals surface area contributed by atoms with Gasteiger partial charge in [-0.1, -0.05) is 0 Å². The smallest absolute Gasteiger partial charge is 0.229 e. The van der Waals surface area contributed by atoms with Crippen LogP contribution in [-0.2, 0) is 14.2 Å². The van der Waals surface area contributed by atoms with E-state index in [2.05, 4.69) is 0 Å². The fraction of sp³-hybridized carbons (Fsp3) is 0.444. The molecule has 1 aromatic heterocycles. The minimum absolute atomic E-state index is 0.0874. The Labute approximate surface area is 246 Å². The number of rotatable bonds is 7. The van der Waals surface area contributed by atoms with Gasteiger partial charge in [-0.2, -0.15) is 0 Å². The van der Waals surface area contributed by atoms with Crippen molar-refractivity contribution in [1.82, 2.24) is 0 Å². The molecule has 0 amide bonds. The van der Waals surface area contributed by atoms with Gasteiger partial charge in [0.25, 0.3) is 0 Å². The highest BCUT2D eigenvalue weighted by molar-refractivity contribution is 5.89. The zero-order valence-electron chi connectivity index (χ0n) is 22.4. The lowest BCUT2D eigenvalue weighted by atomic mass is 9.98. The molecule has 0 spiro atoms. The van der Waals surface area contributed by atoms with Crippen LogP contribution >= 0.6 is 0 Å². The molecule has 2 saturated heterocycles. The Hall–Kier alpha value is -3.75. The van der Waals surface area contributed by atoms with Crippen molar-refractivity contribution in [2.24, 2.45) is 0 Å². The lowest BCUT2D eigenvalue weighted by molar-refractivity contribution is -0.323. The van der Waals surface area contributed by atoms with Gasteiger partial charge >= 0.3 is 0 Å². The van der Waals surface area contributed by atoms with E-state index in [0.29, 0.717) is 0 Å². The van der Waals surface area contributed by atoms with E-state index < -0.39 is 114 Å². The molecule has 10 atom stereocenters. The third kappa shape index (κ3) is 5.73. The summed E-state index contributed by atoms with van der Waals surface area (Å²) in [6.45, 7) is -1.39. The molecular formula is C27H30O17. The van der Waals surface area contributed by atoms with Gasteiger partial charge in [0.05, 0.1) is 13.2 Å². The Morgan fingerprint density at radius 3 is 2.00 bits per heavy atom. The molecule has 17 nitrogen and oxygen atoms in total. The molecule has 0 radical (unpaired) electrons. The maximum Gasteiger partial charge on any atom is 0.229 e. The summed E-state index contributed by atoms with van der Waals surface area (Å²) in [5, 5.41) is 111. The molecule has 2 aliphatic heterocycles. The summed E-state index contributed by atoms with van der Waals surface area (Å²) in [5.41, 5.74) is -0.946. The Morgan fingerprint density at radius 2 is 1.34 bits per heavy atom. The predicted molar refractivity (Wildman–Crippen MR) is 142 cm³/mol. The molecule has 5 rings (SSSR count). The van der Waals surface area contributed by atoms with Gasteiger partial charge in [-0.15, -0.1) is 0 Å². The monoisotopic (exact) mass is 626 g/mol. The van der Waals surface area contributed by atoms with Gasteiger partial charge in [-0.3, -0.25) is 4.79 Å². The molecular weight excluding hydrogens is 596 g/mol. The van der Waals surface area contributed by atoms with E-state index in [0.717, 1.165) is 24.3 Å². The number of aromatic hydroxyl groups is 4. The zero-order valence-corrected chi connectivity index (χ0v) is 22.4. The zero-order chi connectivity index (χ0) is 32.0. The van der Waals surface area contributed by atoms with E-state index in [4.69, 9.17) is 23.4 Å². The van der Waals surface area contributed by atoms with Gasteiger partial charge in [0.15, 0.2) is 34.7 Å². The molecule has 17 heteroatoms. The van der Waals surface area contributed by atoms with E-state index in [1.165, 1.54) is 6.07 Å². The van der Waals surface area contributed by atoms with Crippen molar-refractivity contribution >= 4 is 11.0 Å². The van der Waals surface area contributed by atoms with Gasteiger partial charge < -0.3 is 79.5 Å². The lowest BCUT2D eigenvalue weighted by Gasteiger charge is -2.42. The molecule has 2 aliphatic rings. The van der Waals surface area contributed by atoms with Gasteiger partial charge in [-0.05, 0) is 18.2 Å². The third-order valence-electron chi connectivity index (χ3n) is 7.36. The van der Waals surface area contributed by atoms with Crippen LogP contribution in [0, 0.1) is 0 Å². The first kappa shape index (κ1) is 31.7. The lowest BCUT2D eigenvalue weighted by Crippen LogP contribution is -2.62. The molecule has 0 bridgehead atoms. The first-order chi connectivity index (χ1) is 20.8. The van der Waals surface area contributed by atoms with E-state index in [9.17, 15) is 61.0 Å². The van der Waals surface area contributed by atoms with Crippen molar-refractivity contribution in [2.75, 3.05) is 13.2 Å². The van der Waals surface area contributed by atoms with Gasteiger partial charge in [0, 0.05) is 17.7 Å². The molecule has 0 aliphatic carbocycles. The van der Waals surface area contributed by atoms with Gasteiger partial charge in [0.2, 0.25) is 12.0 Å². The number of hydrogen-bond acceptors (Lipinski definition) is 17. The molecule has 240 valence electrons. The van der Waals surface area contributed by atoms with Crippen molar-refractivity contribution < 1.29 is 79.5 Å². The first-order valence-corrected chi connectivity index (χ1v) is 13.2. The molecule has 2 fully saturated rings. The fourth-order valence-corrected chi connectivity index (χ4v) is 4.87. The highest BCUT2D eigenvalue weighted by Crippen LogP contribution is 2.43. The van der Waals surface area contributed by atoms with Gasteiger partial charge in [-0.25, -0.2) is 0 Å². The van der Waals surface area contributed by atoms with Crippen molar-refractivity contribution in [3.63, 3.8) is 0 Å². The van der Waals surface area contributed by atoms with Crippen LogP contribution in [0.15, 0.2) is 39.5 Å². The van der Waals surface area contributed by atoms with E-state index in [-0.39, 0.29) is 16.9 Å². The summed E-state index contributed by atoms with van der Waals surface area (Å²) < 4.78 is 27.1. The number of benzene rings is 2. The van der Waals surface area contributed by atoms with Crippen LogP contribution in [0.4, 0.5) is 0 Å². The molecule has 2 aromatic carbocycles. The number of ether oxygens (including phenoxy) is 4. The number of fused-ring (bicyclic) bond motifs is 1. The Kier molecular flexibility index (Phi) is 8.87. The van der Waals surface area contributed by atoms with E-state index in [1.54, 1.807) is 0 Å². The molecule has 0 unspecified atom stereocenters. The van der Waals surface area contributed by atoms with Crippen molar-refractivity contribution in [2.45, 2.75) is 61.4 Å². The Bertz CT molecular complexity index is 1560. The van der Waals surface area contributed by atoms with Crippen LogP contribution in [0.3, 0.4) is 0 Å². The molecule has 0 saturated carbocycles. The minimum Gasteiger partial charge on any atom is -0.504 e. The number of aliphatic hydroxyl groups excluding tert-OH is 7. The Balaban J connectivity index is 1.37. The van der Waals surface area contributed by atoms with Crippen molar-refractivity contribution in [1.29, 1.82) is 0 Å². The molecule has 3 heterocycles. The quantitative estimate of drug-likeness (QED) is 0.119. The summed E-state index contributed by atoms with van der Waals surface area (Å²) in [5.74, 6) is -3.48. The second-order valence-electron chi connectivity index (χ2n) is 10.3. The summed E-state index contributed by atoms with van der Waals surface area (Å²) in [6.07, 6.45) is -17.2. The highest BCUT2D eigenvalue weighted by atomic mass is 16.7. The average molecular weight is 627 g/mol. The second-order valence-corrected chi connectivity index (χ2v) is 10.3. The standard InChI is InChI=1S/C27H30O17/c28-6-15-18(33)21(36)23(38)26(42-15)40-7-16-19(34)22(37)24(39)27(43-16)44-25-12(32)5-14-17(20(25)35)11(31)4-13(41-14)8-1-2-9(29)10(30)3-8/h1-5,15-16,18-19,21-24,26-30,32-39H,6-7H2/t15-,16-,18-,19-,21+,22+,23-,24-,26-,27+/m1/s1. The van der Waals surface area contributed by atoms with Crippen LogP contribution in [0.25, 0.3) is 22.3 Å². The van der Waals surface area contributed by atoms with Crippen LogP contribution in [0.1, 0.15) is 0 Å². The van der Waals surface area contributed by atoms with Crippen molar-refractivity contribution in [3.8, 4) is 40.1 Å². The molecule has 3 aromatic rings. The summed E-state index contributed by atoms with van der Waals surface area (Å²) >= 11 is 0. The van der Waals surface area contributed by atoms with Crippen LogP contribution in [0.2, 0.25) is 0 Å².